The largest absolute Gasteiger partial charge is 0.233 e. The van der Waals surface area contributed by atoms with Crippen LogP contribution in [0.1, 0.15) is 43.9 Å². The number of aliphatic imine (C=N–C) groups is 2. The fourth-order valence-corrected chi connectivity index (χ4v) is 7.45. The molecule has 268 valence electrons. The van der Waals surface area contributed by atoms with E-state index in [1.54, 1.807) is 0 Å². The molecule has 56 heavy (non-hydrogen) atoms. The van der Waals surface area contributed by atoms with Crippen LogP contribution in [0.5, 0.6) is 0 Å². The van der Waals surface area contributed by atoms with Crippen LogP contribution in [0.25, 0.3) is 72.9 Å². The Morgan fingerprint density at radius 2 is 0.982 bits per heavy atom. The number of amidine groups is 1. The van der Waals surface area contributed by atoms with Gasteiger partial charge in [0.1, 0.15) is 0 Å². The van der Waals surface area contributed by atoms with Crippen molar-refractivity contribution in [1.29, 1.82) is 0 Å². The summed E-state index contributed by atoms with van der Waals surface area (Å²) in [7, 11) is 0. The topological polar surface area (TPSA) is 63.4 Å². The maximum atomic E-state index is 5.27. The maximum Gasteiger partial charge on any atom is 0.164 e. The normalized spacial score (nSPS) is 12.8. The second-order valence-corrected chi connectivity index (χ2v) is 14.0. The Morgan fingerprint density at radius 1 is 0.446 bits per heavy atom. The highest BCUT2D eigenvalue weighted by Crippen LogP contribution is 2.49. The van der Waals surface area contributed by atoms with Crippen LogP contribution in [0.15, 0.2) is 185 Å². The smallest absolute Gasteiger partial charge is 0.164 e. The van der Waals surface area contributed by atoms with E-state index >= 15 is 0 Å². The summed E-state index contributed by atoms with van der Waals surface area (Å²) in [6, 6.07) is 58.5. The predicted molar refractivity (Wildman–Crippen MR) is 233 cm³/mol. The highest BCUT2D eigenvalue weighted by atomic mass is 15.0. The highest BCUT2D eigenvalue weighted by molar-refractivity contribution is 6.20. The molecule has 0 unspecified atom stereocenters. The number of hydrogen-bond acceptors (Lipinski definition) is 4. The summed E-state index contributed by atoms with van der Waals surface area (Å²) in [6.07, 6.45) is 0.896. The van der Waals surface area contributed by atoms with Crippen LogP contribution in [0.3, 0.4) is 0 Å². The van der Waals surface area contributed by atoms with Gasteiger partial charge in [0.15, 0.2) is 23.3 Å². The number of benzene rings is 7. The van der Waals surface area contributed by atoms with Gasteiger partial charge in [0.25, 0.3) is 0 Å². The predicted octanol–water partition coefficient (Wildman–Crippen LogP) is 12.8. The van der Waals surface area contributed by atoms with Gasteiger partial charge in [0, 0.05) is 33.5 Å². The van der Waals surface area contributed by atoms with E-state index in [-0.39, 0.29) is 0 Å². The van der Waals surface area contributed by atoms with E-state index in [1.807, 2.05) is 84.9 Å². The molecule has 1 aliphatic carbocycles. The zero-order chi connectivity index (χ0) is 38.0. The molecule has 1 aliphatic rings. The lowest BCUT2D eigenvalue weighted by Gasteiger charge is -2.11. The van der Waals surface area contributed by atoms with E-state index in [0.29, 0.717) is 23.3 Å². The minimum Gasteiger partial charge on any atom is -0.233 e. The molecule has 9 rings (SSSR count). The number of aromatic nitrogens is 3. The fraction of sp³-hybridized carbons (Fsp3) is 0.0784. The molecule has 1 aromatic heterocycles. The van der Waals surface area contributed by atoms with Gasteiger partial charge >= 0.3 is 0 Å². The molecule has 7 aromatic carbocycles. The van der Waals surface area contributed by atoms with E-state index < -0.39 is 0 Å². The third kappa shape index (κ3) is 6.54. The monoisotopic (exact) mass is 721 g/mol. The van der Waals surface area contributed by atoms with Gasteiger partial charge in [-0.15, -0.1) is 0 Å². The minimum absolute atomic E-state index is 0.648. The van der Waals surface area contributed by atoms with Crippen molar-refractivity contribution in [3.8, 4) is 56.4 Å². The Bertz CT molecular complexity index is 2770. The lowest BCUT2D eigenvalue weighted by molar-refractivity contribution is 1.08. The third-order valence-electron chi connectivity index (χ3n) is 10.5. The van der Waals surface area contributed by atoms with Gasteiger partial charge in [-0.25, -0.2) is 24.9 Å². The zero-order valence-electron chi connectivity index (χ0n) is 31.6. The van der Waals surface area contributed by atoms with Gasteiger partial charge < -0.3 is 0 Å². The molecule has 0 amide bonds. The zero-order valence-corrected chi connectivity index (χ0v) is 31.6. The molecule has 0 spiro atoms. The molecule has 0 N–H and O–H groups in total. The molecule has 5 nitrogen and oxygen atoms in total. The summed E-state index contributed by atoms with van der Waals surface area (Å²) >= 11 is 0. The summed E-state index contributed by atoms with van der Waals surface area (Å²) in [4.78, 5) is 25.6. The van der Waals surface area contributed by atoms with Gasteiger partial charge in [-0.1, -0.05) is 165 Å². The first-order chi connectivity index (χ1) is 27.6. The number of hydrogen-bond donors (Lipinski definition) is 0. The molecule has 0 bridgehead atoms. The Morgan fingerprint density at radius 3 is 1.61 bits per heavy atom. The van der Waals surface area contributed by atoms with Crippen LogP contribution in [-0.2, 0) is 0 Å². The summed E-state index contributed by atoms with van der Waals surface area (Å²) in [6.45, 7) is 6.40. The molecule has 0 saturated carbocycles. The number of fused-ring (bicyclic) bond motifs is 3. The molecule has 1 heterocycles. The highest BCUT2D eigenvalue weighted by Gasteiger charge is 2.25. The molecule has 0 aliphatic heterocycles. The van der Waals surface area contributed by atoms with Crippen LogP contribution in [0, 0.1) is 0 Å². The molecule has 0 saturated heterocycles. The van der Waals surface area contributed by atoms with Crippen LogP contribution >= 0.6 is 0 Å². The van der Waals surface area contributed by atoms with Crippen molar-refractivity contribution in [2.45, 2.75) is 27.2 Å². The molecule has 0 atom stereocenters. The lowest BCUT2D eigenvalue weighted by atomic mass is 9.98. The van der Waals surface area contributed by atoms with Crippen LogP contribution < -0.4 is 0 Å². The van der Waals surface area contributed by atoms with E-state index in [4.69, 9.17) is 24.9 Å². The van der Waals surface area contributed by atoms with E-state index in [1.165, 1.54) is 33.2 Å². The van der Waals surface area contributed by atoms with Gasteiger partial charge in [0.05, 0.1) is 5.70 Å². The quantitative estimate of drug-likeness (QED) is 0.116. The van der Waals surface area contributed by atoms with Crippen molar-refractivity contribution in [2.24, 2.45) is 9.98 Å². The molecule has 0 fully saturated rings. The molecular weight excluding hydrogens is 683 g/mol. The van der Waals surface area contributed by atoms with Gasteiger partial charge in [-0.2, -0.15) is 0 Å². The summed E-state index contributed by atoms with van der Waals surface area (Å²) < 4.78 is 0. The van der Waals surface area contributed by atoms with E-state index in [2.05, 4.69) is 106 Å². The number of rotatable bonds is 8. The van der Waals surface area contributed by atoms with Gasteiger partial charge in [-0.3, -0.25) is 0 Å². The van der Waals surface area contributed by atoms with Crippen molar-refractivity contribution in [2.75, 3.05) is 0 Å². The average molecular weight is 722 g/mol. The second kappa shape index (κ2) is 15.0. The van der Waals surface area contributed by atoms with Crippen molar-refractivity contribution in [3.63, 3.8) is 0 Å². The van der Waals surface area contributed by atoms with Crippen molar-refractivity contribution < 1.29 is 0 Å². The number of nitrogens with zero attached hydrogens (tertiary/aromatic N) is 5. The summed E-state index contributed by atoms with van der Waals surface area (Å²) in [5.74, 6) is 2.63. The lowest BCUT2D eigenvalue weighted by Crippen LogP contribution is -2.05. The number of allylic oxidation sites excluding steroid dienone is 1. The summed E-state index contributed by atoms with van der Waals surface area (Å²) in [5.41, 5.74) is 13.8. The first-order valence-electron chi connectivity index (χ1n) is 19.1. The first kappa shape index (κ1) is 34.6. The fourth-order valence-electron chi connectivity index (χ4n) is 7.45. The van der Waals surface area contributed by atoms with E-state index in [9.17, 15) is 0 Å². The molecular formula is C51H39N5. The van der Waals surface area contributed by atoms with Gasteiger partial charge in [0.2, 0.25) is 0 Å². The van der Waals surface area contributed by atoms with Crippen molar-refractivity contribution in [3.05, 3.63) is 192 Å². The average Bonchev–Trinajstić information content (AvgIpc) is 3.60. The third-order valence-corrected chi connectivity index (χ3v) is 10.5. The Labute approximate surface area is 327 Å². The standard InChI is InChI=1S/C51H39N5/c1-4-33(2)47(35-18-9-5-10-19-35)53-48(36-20-11-6-12-21-36)52-34(3)39-28-29-40-43-30-31-44(41-26-17-27-42(46(41)43)45(40)32-39)51-55-49(37-22-13-7-14-23-37)54-50(56-51)38-24-15-8-16-25-38/h5-32H,4H2,1-3H3/b47-33+,52-34?,53-48?. The van der Waals surface area contributed by atoms with E-state index in [0.717, 1.165) is 56.6 Å². The van der Waals surface area contributed by atoms with Crippen molar-refractivity contribution >= 4 is 28.0 Å². The maximum absolute atomic E-state index is 5.27. The molecule has 8 aromatic rings. The first-order valence-corrected chi connectivity index (χ1v) is 19.1. The minimum atomic E-state index is 0.648. The Kier molecular flexibility index (Phi) is 9.26. The SMILES string of the molecule is CC/C(C)=C(/N=C(N=C(C)c1ccc2c(c1)-c1cccc3c(-c4nc(-c5ccccc5)nc(-c5ccccc5)n4)ccc-2c13)c1ccccc1)c1ccccc1. The van der Waals surface area contributed by atoms with Gasteiger partial charge in [-0.05, 0) is 76.6 Å². The molecule has 5 heteroatoms. The second-order valence-electron chi connectivity index (χ2n) is 14.0. The Hall–Kier alpha value is -7.11. The van der Waals surface area contributed by atoms with Crippen LogP contribution in [0.4, 0.5) is 0 Å². The molecule has 0 radical (unpaired) electrons. The summed E-state index contributed by atoms with van der Waals surface area (Å²) in [5, 5.41) is 2.31. The van der Waals surface area contributed by atoms with Crippen molar-refractivity contribution in [1.82, 2.24) is 15.0 Å². The van der Waals surface area contributed by atoms with Crippen LogP contribution in [-0.4, -0.2) is 26.5 Å². The van der Waals surface area contributed by atoms with Crippen LogP contribution in [0.2, 0.25) is 0 Å². The Balaban J connectivity index is 1.15.